The van der Waals surface area contributed by atoms with Crippen molar-refractivity contribution in [2.75, 3.05) is 18.4 Å². The second-order valence-corrected chi connectivity index (χ2v) is 12.0. The van der Waals surface area contributed by atoms with E-state index in [1.165, 1.54) is 12.1 Å². The average molecular weight is 592 g/mol. The van der Waals surface area contributed by atoms with Gasteiger partial charge in [-0.05, 0) is 62.4 Å². The predicted octanol–water partition coefficient (Wildman–Crippen LogP) is 5.99. The van der Waals surface area contributed by atoms with Crippen LogP contribution in [-0.2, 0) is 21.1 Å². The molecule has 5 rings (SSSR count). The van der Waals surface area contributed by atoms with E-state index in [0.717, 1.165) is 17.7 Å². The van der Waals surface area contributed by atoms with Crippen LogP contribution in [0.25, 0.3) is 22.2 Å². The van der Waals surface area contributed by atoms with Crippen LogP contribution in [0.15, 0.2) is 65.7 Å². The van der Waals surface area contributed by atoms with Gasteiger partial charge in [0.2, 0.25) is 0 Å². The summed E-state index contributed by atoms with van der Waals surface area (Å²) >= 11 is 6.37. The Balaban J connectivity index is 1.53. The molecular formula is C27H25ClF3N5O3S. The molecule has 1 aliphatic heterocycles. The molecule has 0 aliphatic carbocycles. The molecule has 13 heteroatoms. The predicted molar refractivity (Wildman–Crippen MR) is 146 cm³/mol. The molecule has 1 fully saturated rings. The van der Waals surface area contributed by atoms with E-state index in [1.54, 1.807) is 18.3 Å². The molecule has 40 heavy (non-hydrogen) atoms. The maximum absolute atomic E-state index is 13.0. The fraction of sp³-hybridized carbons (Fsp3) is 0.296. The first kappa shape index (κ1) is 28.2. The number of nitrogens with one attached hydrogen (secondary N) is 1. The Hall–Kier alpha value is -3.32. The smallest absolute Gasteiger partial charge is 0.373 e. The van der Waals surface area contributed by atoms with E-state index in [-0.39, 0.29) is 12.2 Å². The van der Waals surface area contributed by atoms with Crippen LogP contribution in [0.4, 0.5) is 24.7 Å². The molecule has 0 bridgehead atoms. The van der Waals surface area contributed by atoms with Crippen molar-refractivity contribution in [1.82, 2.24) is 19.9 Å². The zero-order valence-electron chi connectivity index (χ0n) is 21.5. The van der Waals surface area contributed by atoms with Crippen LogP contribution in [-0.4, -0.2) is 59.1 Å². The van der Waals surface area contributed by atoms with E-state index in [0.29, 0.717) is 58.6 Å². The quantitative estimate of drug-likeness (QED) is 0.292. The number of halogens is 4. The minimum absolute atomic E-state index is 0.0474. The van der Waals surface area contributed by atoms with Gasteiger partial charge in [0.15, 0.2) is 0 Å². The van der Waals surface area contributed by atoms with Gasteiger partial charge in [0.05, 0.1) is 39.9 Å². The van der Waals surface area contributed by atoms with Crippen molar-refractivity contribution in [2.45, 2.75) is 43.0 Å². The summed E-state index contributed by atoms with van der Waals surface area (Å²) in [4.78, 5) is 15.3. The van der Waals surface area contributed by atoms with Gasteiger partial charge in [-0.3, -0.25) is 9.88 Å². The molecule has 0 amide bonds. The van der Waals surface area contributed by atoms with Crippen LogP contribution in [0.5, 0.6) is 0 Å². The summed E-state index contributed by atoms with van der Waals surface area (Å²) in [5, 5.41) is 4.25. The van der Waals surface area contributed by atoms with Crippen molar-refractivity contribution in [3.8, 4) is 11.3 Å². The fourth-order valence-electron chi connectivity index (χ4n) is 4.69. The topological polar surface area (TPSA) is 97.3 Å². The Morgan fingerprint density at radius 2 is 1.75 bits per heavy atom. The summed E-state index contributed by atoms with van der Waals surface area (Å²) < 4.78 is 68.2. The van der Waals surface area contributed by atoms with E-state index in [2.05, 4.69) is 15.2 Å². The third kappa shape index (κ3) is 5.90. The first-order chi connectivity index (χ1) is 18.9. The summed E-state index contributed by atoms with van der Waals surface area (Å²) in [6, 6.07) is 13.3. The van der Waals surface area contributed by atoms with Gasteiger partial charge in [0, 0.05) is 35.9 Å². The van der Waals surface area contributed by atoms with Crippen LogP contribution in [0.3, 0.4) is 0 Å². The van der Waals surface area contributed by atoms with Gasteiger partial charge in [-0.2, -0.15) is 13.2 Å². The Labute approximate surface area is 234 Å². The molecular weight excluding hydrogens is 567 g/mol. The Morgan fingerprint density at radius 3 is 2.40 bits per heavy atom. The van der Waals surface area contributed by atoms with Gasteiger partial charge in [-0.25, -0.2) is 18.4 Å². The number of anilines is 2. The highest BCUT2D eigenvalue weighted by atomic mass is 35.5. The number of nitrogens with zero attached hydrogens (tertiary/aromatic N) is 4. The number of alkyl halides is 3. The standard InChI is InChI=1S/C27H25ClF3N5O3S/c1-16-13-36(14-17(2)39-16)15-24-34-23-12-18(25-22(28)4-3-11-32-25)5-10-21(23)26(35-24)33-19-6-8-20(9-7-19)40(37,38)27(29,30)31/h3-12,16-17H,13-15H2,1-2H3,(H,33,34,35)/t16-,17+. The van der Waals surface area contributed by atoms with E-state index < -0.39 is 20.2 Å². The third-order valence-electron chi connectivity index (χ3n) is 6.37. The highest BCUT2D eigenvalue weighted by Gasteiger charge is 2.46. The van der Waals surface area contributed by atoms with Gasteiger partial charge < -0.3 is 10.1 Å². The molecule has 2 aromatic carbocycles. The Kier molecular flexibility index (Phi) is 7.71. The monoisotopic (exact) mass is 591 g/mol. The number of pyridine rings is 1. The van der Waals surface area contributed by atoms with E-state index in [4.69, 9.17) is 26.3 Å². The number of morpholine rings is 1. The van der Waals surface area contributed by atoms with Gasteiger partial charge in [0.25, 0.3) is 9.84 Å². The van der Waals surface area contributed by atoms with E-state index in [9.17, 15) is 21.6 Å². The van der Waals surface area contributed by atoms with Crippen LogP contribution in [0.1, 0.15) is 19.7 Å². The van der Waals surface area contributed by atoms with Crippen molar-refractivity contribution < 1.29 is 26.3 Å². The minimum atomic E-state index is -5.45. The molecule has 0 radical (unpaired) electrons. The minimum Gasteiger partial charge on any atom is -0.373 e. The van der Waals surface area contributed by atoms with Gasteiger partial charge in [0.1, 0.15) is 11.6 Å². The molecule has 0 saturated carbocycles. The third-order valence-corrected chi connectivity index (χ3v) is 8.17. The van der Waals surface area contributed by atoms with Crippen LogP contribution < -0.4 is 5.32 Å². The second kappa shape index (κ2) is 10.9. The molecule has 4 aromatic rings. The van der Waals surface area contributed by atoms with Gasteiger partial charge in [-0.1, -0.05) is 17.7 Å². The summed E-state index contributed by atoms with van der Waals surface area (Å²) in [5.74, 6) is 0.941. The maximum Gasteiger partial charge on any atom is 0.501 e. The zero-order chi connectivity index (χ0) is 28.7. The van der Waals surface area contributed by atoms with Crippen molar-refractivity contribution in [2.24, 2.45) is 0 Å². The molecule has 2 aromatic heterocycles. The van der Waals surface area contributed by atoms with Crippen molar-refractivity contribution in [3.63, 3.8) is 0 Å². The molecule has 3 heterocycles. The highest BCUT2D eigenvalue weighted by Crippen LogP contribution is 2.33. The lowest BCUT2D eigenvalue weighted by Gasteiger charge is -2.34. The molecule has 1 saturated heterocycles. The Morgan fingerprint density at radius 1 is 1.05 bits per heavy atom. The molecule has 1 N–H and O–H groups in total. The van der Waals surface area contributed by atoms with Crippen LogP contribution in [0.2, 0.25) is 5.02 Å². The maximum atomic E-state index is 13.0. The lowest BCUT2D eigenvalue weighted by atomic mass is 10.1. The first-order valence-corrected chi connectivity index (χ1v) is 14.2. The number of hydrogen-bond acceptors (Lipinski definition) is 8. The van der Waals surface area contributed by atoms with Crippen molar-refractivity contribution in [3.05, 3.63) is 71.6 Å². The number of benzene rings is 2. The van der Waals surface area contributed by atoms with Gasteiger partial charge in [-0.15, -0.1) is 0 Å². The van der Waals surface area contributed by atoms with Gasteiger partial charge >= 0.3 is 5.51 Å². The Bertz CT molecular complexity index is 1640. The lowest BCUT2D eigenvalue weighted by molar-refractivity contribution is -0.0710. The molecule has 1 aliphatic rings. The zero-order valence-corrected chi connectivity index (χ0v) is 23.1. The van der Waals surface area contributed by atoms with Crippen LogP contribution in [0, 0.1) is 0 Å². The van der Waals surface area contributed by atoms with Crippen LogP contribution >= 0.6 is 11.6 Å². The highest BCUT2D eigenvalue weighted by molar-refractivity contribution is 7.92. The van der Waals surface area contributed by atoms with E-state index in [1.807, 2.05) is 32.0 Å². The number of sulfone groups is 1. The normalized spacial score (nSPS) is 18.6. The number of hydrogen-bond donors (Lipinski definition) is 1. The van der Waals surface area contributed by atoms with E-state index >= 15 is 0 Å². The number of rotatable bonds is 6. The summed E-state index contributed by atoms with van der Waals surface area (Å²) in [7, 11) is -5.45. The first-order valence-electron chi connectivity index (χ1n) is 12.4. The molecule has 0 spiro atoms. The molecule has 0 unspecified atom stereocenters. The van der Waals surface area contributed by atoms with Crippen molar-refractivity contribution in [1.29, 1.82) is 0 Å². The number of aromatic nitrogens is 3. The lowest BCUT2D eigenvalue weighted by Crippen LogP contribution is -2.45. The largest absolute Gasteiger partial charge is 0.501 e. The number of fused-ring (bicyclic) bond motifs is 1. The molecule has 210 valence electrons. The summed E-state index contributed by atoms with van der Waals surface area (Å²) in [5.41, 5.74) is -3.07. The second-order valence-electron chi connectivity index (χ2n) is 9.60. The number of ether oxygens (including phenoxy) is 1. The summed E-state index contributed by atoms with van der Waals surface area (Å²) in [6.45, 7) is 5.85. The fourth-order valence-corrected chi connectivity index (χ4v) is 5.68. The SMILES string of the molecule is C[C@@H]1CN(Cc2nc(Nc3ccc(S(=O)(=O)C(F)(F)F)cc3)c3ccc(-c4ncccc4Cl)cc3n2)C[C@H](C)O1. The summed E-state index contributed by atoms with van der Waals surface area (Å²) in [6.07, 6.45) is 1.74. The molecule has 8 nitrogen and oxygen atoms in total. The van der Waals surface area contributed by atoms with Crippen molar-refractivity contribution >= 4 is 43.8 Å². The average Bonchev–Trinajstić information content (AvgIpc) is 2.88. The molecule has 2 atom stereocenters.